The van der Waals surface area contributed by atoms with Crippen molar-refractivity contribution in [3.8, 4) is 0 Å². The summed E-state index contributed by atoms with van der Waals surface area (Å²) in [7, 11) is 2.25. The molecule has 80 valence electrons. The molecule has 0 amide bonds. The minimum absolute atomic E-state index is 1.28. The molecular formula is C12H27N. The van der Waals surface area contributed by atoms with Gasteiger partial charge >= 0.3 is 0 Å². The van der Waals surface area contributed by atoms with Crippen LogP contribution < -0.4 is 0 Å². The van der Waals surface area contributed by atoms with Gasteiger partial charge in [-0.05, 0) is 33.0 Å². The van der Waals surface area contributed by atoms with E-state index in [0.29, 0.717) is 0 Å². The van der Waals surface area contributed by atoms with Crippen LogP contribution in [0.15, 0.2) is 0 Å². The highest BCUT2D eigenvalue weighted by molar-refractivity contribution is 4.51. The van der Waals surface area contributed by atoms with Gasteiger partial charge in [0.05, 0.1) is 0 Å². The fraction of sp³-hybridized carbons (Fsp3) is 1.00. The molecule has 0 bridgehead atoms. The maximum Gasteiger partial charge on any atom is -0.00218 e. The Balaban J connectivity index is 3.03. The average Bonchev–Trinajstić information content (AvgIpc) is 2.14. The SMILES string of the molecule is CCCCCCCN(C)CCCC. The molecule has 0 N–H and O–H groups in total. The van der Waals surface area contributed by atoms with Crippen molar-refractivity contribution >= 4 is 0 Å². The van der Waals surface area contributed by atoms with Gasteiger partial charge in [-0.2, -0.15) is 0 Å². The lowest BCUT2D eigenvalue weighted by Gasteiger charge is -2.15. The normalized spacial score (nSPS) is 11.1. The second-order valence-electron chi connectivity index (χ2n) is 4.07. The Morgan fingerprint density at radius 3 is 1.85 bits per heavy atom. The van der Waals surface area contributed by atoms with Crippen LogP contribution in [0.25, 0.3) is 0 Å². The van der Waals surface area contributed by atoms with Crippen LogP contribution in [0.1, 0.15) is 58.8 Å². The van der Waals surface area contributed by atoms with Crippen molar-refractivity contribution < 1.29 is 0 Å². The van der Waals surface area contributed by atoms with E-state index in [1.807, 2.05) is 0 Å². The van der Waals surface area contributed by atoms with Crippen molar-refractivity contribution in [2.75, 3.05) is 20.1 Å². The topological polar surface area (TPSA) is 3.24 Å². The van der Waals surface area contributed by atoms with Gasteiger partial charge in [0, 0.05) is 0 Å². The number of unbranched alkanes of at least 4 members (excludes halogenated alkanes) is 5. The first-order valence-electron chi connectivity index (χ1n) is 5.99. The van der Waals surface area contributed by atoms with Gasteiger partial charge in [-0.15, -0.1) is 0 Å². The van der Waals surface area contributed by atoms with Crippen molar-refractivity contribution in [2.45, 2.75) is 58.8 Å². The van der Waals surface area contributed by atoms with Gasteiger partial charge in [-0.3, -0.25) is 0 Å². The molecule has 0 saturated carbocycles. The summed E-state index contributed by atoms with van der Waals surface area (Å²) in [6, 6.07) is 0. The number of hydrogen-bond acceptors (Lipinski definition) is 1. The van der Waals surface area contributed by atoms with E-state index in [4.69, 9.17) is 0 Å². The third-order valence-corrected chi connectivity index (χ3v) is 2.54. The Bertz CT molecular complexity index is 91.1. The van der Waals surface area contributed by atoms with Crippen LogP contribution in [-0.2, 0) is 0 Å². The van der Waals surface area contributed by atoms with E-state index in [1.165, 1.54) is 58.0 Å². The summed E-state index contributed by atoms with van der Waals surface area (Å²) in [5.74, 6) is 0. The second kappa shape index (κ2) is 10.0. The highest BCUT2D eigenvalue weighted by atomic mass is 15.1. The van der Waals surface area contributed by atoms with E-state index in [2.05, 4.69) is 25.8 Å². The molecule has 0 unspecified atom stereocenters. The van der Waals surface area contributed by atoms with Crippen molar-refractivity contribution in [3.63, 3.8) is 0 Å². The second-order valence-corrected chi connectivity index (χ2v) is 4.07. The number of hydrogen-bond donors (Lipinski definition) is 0. The Labute approximate surface area is 84.5 Å². The molecule has 0 aliphatic carbocycles. The molecule has 0 aromatic carbocycles. The highest BCUT2D eigenvalue weighted by Gasteiger charge is 1.96. The molecule has 1 nitrogen and oxygen atoms in total. The quantitative estimate of drug-likeness (QED) is 0.495. The van der Waals surface area contributed by atoms with Crippen molar-refractivity contribution in [1.82, 2.24) is 4.90 Å². The lowest BCUT2D eigenvalue weighted by molar-refractivity contribution is 0.318. The summed E-state index contributed by atoms with van der Waals surface area (Å²) < 4.78 is 0. The fourth-order valence-corrected chi connectivity index (χ4v) is 1.53. The molecule has 0 atom stereocenters. The molecule has 0 heterocycles. The van der Waals surface area contributed by atoms with Crippen LogP contribution in [0.4, 0.5) is 0 Å². The number of rotatable bonds is 9. The van der Waals surface area contributed by atoms with E-state index in [9.17, 15) is 0 Å². The summed E-state index contributed by atoms with van der Waals surface area (Å²) in [5, 5.41) is 0. The molecule has 0 aromatic rings. The minimum atomic E-state index is 1.28. The first-order valence-corrected chi connectivity index (χ1v) is 5.99. The van der Waals surface area contributed by atoms with E-state index in [-0.39, 0.29) is 0 Å². The Morgan fingerprint density at radius 2 is 1.23 bits per heavy atom. The van der Waals surface area contributed by atoms with E-state index < -0.39 is 0 Å². The third-order valence-electron chi connectivity index (χ3n) is 2.54. The third kappa shape index (κ3) is 9.88. The van der Waals surface area contributed by atoms with Gasteiger partial charge < -0.3 is 4.90 Å². The molecule has 0 aliphatic rings. The summed E-state index contributed by atoms with van der Waals surface area (Å²) in [6.45, 7) is 7.11. The van der Waals surface area contributed by atoms with Crippen molar-refractivity contribution in [1.29, 1.82) is 0 Å². The van der Waals surface area contributed by atoms with Crippen LogP contribution >= 0.6 is 0 Å². The first-order chi connectivity index (χ1) is 6.31. The van der Waals surface area contributed by atoms with Gasteiger partial charge in [0.25, 0.3) is 0 Å². The average molecular weight is 185 g/mol. The molecule has 13 heavy (non-hydrogen) atoms. The van der Waals surface area contributed by atoms with Crippen molar-refractivity contribution in [2.24, 2.45) is 0 Å². The van der Waals surface area contributed by atoms with Gasteiger partial charge in [-0.1, -0.05) is 46.0 Å². The Kier molecular flexibility index (Phi) is 10.0. The molecule has 0 aliphatic heterocycles. The predicted molar refractivity (Wildman–Crippen MR) is 61.2 cm³/mol. The largest absolute Gasteiger partial charge is 0.306 e. The molecule has 0 radical (unpaired) electrons. The molecule has 0 aromatic heterocycles. The highest BCUT2D eigenvalue weighted by Crippen LogP contribution is 2.03. The number of nitrogens with zero attached hydrogens (tertiary/aromatic N) is 1. The van der Waals surface area contributed by atoms with Gasteiger partial charge in [0.1, 0.15) is 0 Å². The summed E-state index contributed by atoms with van der Waals surface area (Å²) in [6.07, 6.45) is 9.68. The molecular weight excluding hydrogens is 158 g/mol. The van der Waals surface area contributed by atoms with Crippen LogP contribution in [-0.4, -0.2) is 25.0 Å². The summed E-state index contributed by atoms with van der Waals surface area (Å²) >= 11 is 0. The van der Waals surface area contributed by atoms with Gasteiger partial charge in [0.15, 0.2) is 0 Å². The van der Waals surface area contributed by atoms with Crippen LogP contribution in [0, 0.1) is 0 Å². The lowest BCUT2D eigenvalue weighted by Crippen LogP contribution is -2.20. The van der Waals surface area contributed by atoms with Gasteiger partial charge in [-0.25, -0.2) is 0 Å². The minimum Gasteiger partial charge on any atom is -0.306 e. The molecule has 0 saturated heterocycles. The van der Waals surface area contributed by atoms with Crippen LogP contribution in [0.5, 0.6) is 0 Å². The van der Waals surface area contributed by atoms with Gasteiger partial charge in [0.2, 0.25) is 0 Å². The molecule has 0 fully saturated rings. The van der Waals surface area contributed by atoms with E-state index >= 15 is 0 Å². The maximum absolute atomic E-state index is 2.47. The zero-order valence-electron chi connectivity index (χ0n) is 9.81. The molecule has 0 spiro atoms. The van der Waals surface area contributed by atoms with Crippen LogP contribution in [0.3, 0.4) is 0 Å². The van der Waals surface area contributed by atoms with Crippen molar-refractivity contribution in [3.05, 3.63) is 0 Å². The summed E-state index contributed by atoms with van der Waals surface area (Å²) in [5.41, 5.74) is 0. The zero-order valence-corrected chi connectivity index (χ0v) is 9.81. The zero-order chi connectivity index (χ0) is 9.94. The smallest absolute Gasteiger partial charge is 0.00218 e. The van der Waals surface area contributed by atoms with E-state index in [0.717, 1.165) is 0 Å². The lowest BCUT2D eigenvalue weighted by atomic mass is 10.1. The predicted octanol–water partition coefficient (Wildman–Crippen LogP) is 3.69. The monoisotopic (exact) mass is 185 g/mol. The summed E-state index contributed by atoms with van der Waals surface area (Å²) in [4.78, 5) is 2.47. The van der Waals surface area contributed by atoms with Crippen LogP contribution in [0.2, 0.25) is 0 Å². The maximum atomic E-state index is 2.47. The molecule has 1 heteroatoms. The fourth-order valence-electron chi connectivity index (χ4n) is 1.53. The Hall–Kier alpha value is -0.0400. The standard InChI is InChI=1S/C12H27N/c1-4-6-8-9-10-12-13(3)11-7-5-2/h4-12H2,1-3H3. The van der Waals surface area contributed by atoms with E-state index in [1.54, 1.807) is 0 Å². The first kappa shape index (κ1) is 13.0. The molecule has 0 rings (SSSR count). The Morgan fingerprint density at radius 1 is 0.692 bits per heavy atom.